The number of rotatable bonds is 9. The van der Waals surface area contributed by atoms with E-state index in [1.165, 1.54) is 0 Å². The summed E-state index contributed by atoms with van der Waals surface area (Å²) in [6.07, 6.45) is 0.314. The van der Waals surface area contributed by atoms with Gasteiger partial charge >= 0.3 is 5.97 Å². The molecule has 0 aliphatic carbocycles. The fraction of sp³-hybridized carbons (Fsp3) is 0.217. The van der Waals surface area contributed by atoms with E-state index < -0.39 is 35.7 Å². The molecule has 8 heteroatoms. The summed E-state index contributed by atoms with van der Waals surface area (Å²) in [6, 6.07) is 15.2. The minimum Gasteiger partial charge on any atom is -0.480 e. The smallest absolute Gasteiger partial charge is 0.321 e. The quantitative estimate of drug-likeness (QED) is 0.353. The highest BCUT2D eigenvalue weighted by Crippen LogP contribution is 2.19. The second-order valence-corrected chi connectivity index (χ2v) is 7.29. The van der Waals surface area contributed by atoms with Crippen molar-refractivity contribution in [2.75, 3.05) is 0 Å². The number of amides is 1. The minimum absolute atomic E-state index is 0.0893. The van der Waals surface area contributed by atoms with Crippen LogP contribution in [0, 0.1) is 5.92 Å². The topological polar surface area (TPSA) is 131 Å². The van der Waals surface area contributed by atoms with E-state index in [2.05, 4.69) is 5.32 Å². The lowest BCUT2D eigenvalue weighted by molar-refractivity contribution is -0.144. The average molecular weight is 421 g/mol. The van der Waals surface area contributed by atoms with Crippen LogP contribution in [0.2, 0.25) is 0 Å². The van der Waals surface area contributed by atoms with Crippen LogP contribution in [0.3, 0.4) is 0 Å². The first-order valence-electron chi connectivity index (χ1n) is 9.70. The number of aliphatic carboxylic acids is 1. The standard InChI is InChI=1S/C23H23N3O5/c1-26-18-10-6-5-9-15(18)12-19(26)22(29)25-17(11-14-7-3-2-4-8-14)21(28)16(13-27)20(24)23(30)31/h2-10,12-13,16-17,20H,11,24H2,1H3,(H,25,29)(H,30,31)/t16-,17+,20?/m1/s1. The van der Waals surface area contributed by atoms with Crippen LogP contribution in [0.5, 0.6) is 0 Å². The number of hydrogen-bond donors (Lipinski definition) is 3. The highest BCUT2D eigenvalue weighted by atomic mass is 16.4. The van der Waals surface area contributed by atoms with Gasteiger partial charge in [-0.2, -0.15) is 0 Å². The Hall–Kier alpha value is -3.78. The summed E-state index contributed by atoms with van der Waals surface area (Å²) < 4.78 is 1.70. The number of benzene rings is 2. The van der Waals surface area contributed by atoms with E-state index in [4.69, 9.17) is 10.8 Å². The van der Waals surface area contributed by atoms with Gasteiger partial charge in [-0.05, 0) is 24.1 Å². The molecule has 3 rings (SSSR count). The minimum atomic E-state index is -1.70. The van der Waals surface area contributed by atoms with Crippen molar-refractivity contribution in [3.05, 3.63) is 71.9 Å². The number of nitrogens with one attached hydrogen (secondary N) is 1. The Kier molecular flexibility index (Phi) is 6.61. The van der Waals surface area contributed by atoms with Gasteiger partial charge in [-0.1, -0.05) is 48.5 Å². The van der Waals surface area contributed by atoms with E-state index in [9.17, 15) is 19.2 Å². The molecule has 1 heterocycles. The van der Waals surface area contributed by atoms with Crippen LogP contribution >= 0.6 is 0 Å². The maximum atomic E-state index is 13.1. The second kappa shape index (κ2) is 9.36. The summed E-state index contributed by atoms with van der Waals surface area (Å²) in [5.74, 6) is -4.31. The Balaban J connectivity index is 1.92. The van der Waals surface area contributed by atoms with Gasteiger partial charge in [0.1, 0.15) is 23.9 Å². The van der Waals surface area contributed by atoms with Gasteiger partial charge in [0.2, 0.25) is 0 Å². The third-order valence-electron chi connectivity index (χ3n) is 5.26. The molecular weight excluding hydrogens is 398 g/mol. The van der Waals surface area contributed by atoms with Crippen LogP contribution in [-0.4, -0.2) is 45.7 Å². The fourth-order valence-corrected chi connectivity index (χ4v) is 3.53. The lowest BCUT2D eigenvalue weighted by atomic mass is 9.89. The Morgan fingerprint density at radius 3 is 2.35 bits per heavy atom. The number of aryl methyl sites for hydroxylation is 1. The molecule has 0 bridgehead atoms. The van der Waals surface area contributed by atoms with Crippen molar-refractivity contribution in [3.63, 3.8) is 0 Å². The van der Waals surface area contributed by atoms with Gasteiger partial charge in [0.15, 0.2) is 5.78 Å². The van der Waals surface area contributed by atoms with E-state index in [1.807, 2.05) is 30.3 Å². The zero-order valence-electron chi connectivity index (χ0n) is 16.9. The number of carboxylic acid groups (broad SMARTS) is 1. The van der Waals surface area contributed by atoms with Crippen molar-refractivity contribution in [2.24, 2.45) is 18.7 Å². The molecule has 160 valence electrons. The summed E-state index contributed by atoms with van der Waals surface area (Å²) in [5.41, 5.74) is 7.47. The molecule has 31 heavy (non-hydrogen) atoms. The van der Waals surface area contributed by atoms with Gasteiger partial charge in [0.25, 0.3) is 5.91 Å². The summed E-state index contributed by atoms with van der Waals surface area (Å²) in [6.45, 7) is 0. The Morgan fingerprint density at radius 1 is 1.10 bits per heavy atom. The van der Waals surface area contributed by atoms with Crippen LogP contribution < -0.4 is 11.1 Å². The number of carboxylic acids is 1. The van der Waals surface area contributed by atoms with Gasteiger partial charge in [-0.25, -0.2) is 0 Å². The number of nitrogens with two attached hydrogens (primary N) is 1. The average Bonchev–Trinajstić information content (AvgIpc) is 3.11. The number of ketones is 1. The van der Waals surface area contributed by atoms with Crippen LogP contribution in [0.4, 0.5) is 0 Å². The number of para-hydroxylation sites is 1. The zero-order chi connectivity index (χ0) is 22.5. The number of aldehydes is 1. The first-order chi connectivity index (χ1) is 14.8. The number of carbonyl (C=O) groups excluding carboxylic acids is 3. The maximum absolute atomic E-state index is 13.1. The van der Waals surface area contributed by atoms with Gasteiger partial charge in [0.05, 0.1) is 6.04 Å². The third-order valence-corrected chi connectivity index (χ3v) is 5.26. The zero-order valence-corrected chi connectivity index (χ0v) is 16.9. The van der Waals surface area contributed by atoms with Crippen molar-refractivity contribution in [1.29, 1.82) is 0 Å². The van der Waals surface area contributed by atoms with E-state index in [0.29, 0.717) is 5.69 Å². The Bertz CT molecular complexity index is 1120. The van der Waals surface area contributed by atoms with Crippen molar-refractivity contribution < 1.29 is 24.3 Å². The summed E-state index contributed by atoms with van der Waals surface area (Å²) in [5, 5.41) is 12.7. The summed E-state index contributed by atoms with van der Waals surface area (Å²) in [4.78, 5) is 48.8. The van der Waals surface area contributed by atoms with Crippen LogP contribution in [0.1, 0.15) is 16.1 Å². The molecule has 0 fully saturated rings. The van der Waals surface area contributed by atoms with Crippen LogP contribution in [0.25, 0.3) is 10.9 Å². The molecule has 0 radical (unpaired) electrons. The molecule has 0 aliphatic rings. The normalized spacial score (nSPS) is 13.9. The number of Topliss-reactive ketones (excluding diaryl/α,β-unsaturated/α-hetero) is 1. The monoisotopic (exact) mass is 421 g/mol. The summed E-state index contributed by atoms with van der Waals surface area (Å²) in [7, 11) is 1.74. The number of carbonyl (C=O) groups is 4. The highest BCUT2D eigenvalue weighted by Gasteiger charge is 2.36. The molecule has 4 N–H and O–H groups in total. The first kappa shape index (κ1) is 21.9. The van der Waals surface area contributed by atoms with E-state index in [-0.39, 0.29) is 12.7 Å². The highest BCUT2D eigenvalue weighted by molar-refractivity contribution is 6.05. The van der Waals surface area contributed by atoms with Gasteiger partial charge in [-0.3, -0.25) is 14.4 Å². The van der Waals surface area contributed by atoms with Gasteiger partial charge in [0, 0.05) is 18.0 Å². The molecule has 1 aromatic heterocycles. The van der Waals surface area contributed by atoms with E-state index in [0.717, 1.165) is 16.5 Å². The van der Waals surface area contributed by atoms with E-state index >= 15 is 0 Å². The molecule has 0 saturated heterocycles. The predicted octanol–water partition coefficient (Wildman–Crippen LogP) is 1.32. The number of fused-ring (bicyclic) bond motifs is 1. The van der Waals surface area contributed by atoms with E-state index in [1.54, 1.807) is 41.9 Å². The SMILES string of the molecule is Cn1c(C(=O)N[C@@H](Cc2ccccc2)C(=O)[C@H](C=O)C(N)C(=O)O)cc2ccccc21. The molecule has 0 aliphatic heterocycles. The van der Waals surface area contributed by atoms with Crippen molar-refractivity contribution >= 4 is 34.8 Å². The lowest BCUT2D eigenvalue weighted by Gasteiger charge is -2.22. The molecule has 1 unspecified atom stereocenters. The fourth-order valence-electron chi connectivity index (χ4n) is 3.53. The van der Waals surface area contributed by atoms with Crippen LogP contribution in [0.15, 0.2) is 60.7 Å². The predicted molar refractivity (Wildman–Crippen MR) is 114 cm³/mol. The molecule has 8 nitrogen and oxygen atoms in total. The molecule has 1 amide bonds. The number of nitrogens with zero attached hydrogens (tertiary/aromatic N) is 1. The maximum Gasteiger partial charge on any atom is 0.321 e. The molecule has 0 saturated carbocycles. The van der Waals surface area contributed by atoms with Crippen molar-refractivity contribution in [1.82, 2.24) is 9.88 Å². The molecule has 0 spiro atoms. The molecule has 3 aromatic rings. The number of aromatic nitrogens is 1. The van der Waals surface area contributed by atoms with Gasteiger partial charge < -0.3 is 25.5 Å². The largest absolute Gasteiger partial charge is 0.480 e. The molecular formula is C23H23N3O5. The van der Waals surface area contributed by atoms with Crippen LogP contribution in [-0.2, 0) is 27.9 Å². The lowest BCUT2D eigenvalue weighted by Crippen LogP contribution is -2.52. The Morgan fingerprint density at radius 2 is 1.74 bits per heavy atom. The molecule has 2 aromatic carbocycles. The molecule has 3 atom stereocenters. The third kappa shape index (κ3) is 4.70. The van der Waals surface area contributed by atoms with Gasteiger partial charge in [-0.15, -0.1) is 0 Å². The summed E-state index contributed by atoms with van der Waals surface area (Å²) >= 11 is 0. The second-order valence-electron chi connectivity index (χ2n) is 7.29. The first-order valence-corrected chi connectivity index (χ1v) is 9.70. The Labute approximate surface area is 178 Å². The van der Waals surface area contributed by atoms with Crippen molar-refractivity contribution in [2.45, 2.75) is 18.5 Å². The number of hydrogen-bond acceptors (Lipinski definition) is 5. The van der Waals surface area contributed by atoms with Crippen molar-refractivity contribution in [3.8, 4) is 0 Å².